The SMILES string of the molecule is COc1ccc([C@H]2C[C@@]3(C)[C@H](C)CC[C@@]3(C)[C@@H]2C)cc1. The molecule has 2 fully saturated rings. The summed E-state index contributed by atoms with van der Waals surface area (Å²) in [7, 11) is 1.74. The van der Waals surface area contributed by atoms with Crippen molar-refractivity contribution in [3.8, 4) is 5.75 Å². The van der Waals surface area contributed by atoms with E-state index in [4.69, 9.17) is 4.74 Å². The number of methoxy groups -OCH3 is 1. The molecule has 1 nitrogen and oxygen atoms in total. The summed E-state index contributed by atoms with van der Waals surface area (Å²) in [6, 6.07) is 8.78. The molecule has 0 amide bonds. The van der Waals surface area contributed by atoms with Gasteiger partial charge in [-0.1, -0.05) is 39.8 Å². The lowest BCUT2D eigenvalue weighted by Gasteiger charge is -2.40. The van der Waals surface area contributed by atoms with Crippen LogP contribution in [0.15, 0.2) is 24.3 Å². The van der Waals surface area contributed by atoms with Gasteiger partial charge in [0.25, 0.3) is 0 Å². The number of hydrogen-bond donors (Lipinski definition) is 0. The molecule has 110 valence electrons. The number of ether oxygens (including phenoxy) is 1. The minimum Gasteiger partial charge on any atom is -0.497 e. The highest BCUT2D eigenvalue weighted by Gasteiger charge is 2.61. The average molecular weight is 272 g/mol. The summed E-state index contributed by atoms with van der Waals surface area (Å²) in [5.41, 5.74) is 2.52. The van der Waals surface area contributed by atoms with E-state index >= 15 is 0 Å². The zero-order chi connectivity index (χ0) is 14.5. The number of rotatable bonds is 2. The monoisotopic (exact) mass is 272 g/mol. The predicted molar refractivity (Wildman–Crippen MR) is 84.1 cm³/mol. The summed E-state index contributed by atoms with van der Waals surface area (Å²) in [5.74, 6) is 3.30. The molecule has 0 aliphatic heterocycles. The smallest absolute Gasteiger partial charge is 0.118 e. The van der Waals surface area contributed by atoms with Gasteiger partial charge in [-0.05, 0) is 65.5 Å². The molecule has 2 saturated carbocycles. The normalized spacial score (nSPS) is 43.5. The first kappa shape index (κ1) is 14.0. The molecule has 0 N–H and O–H groups in total. The molecule has 0 bridgehead atoms. The van der Waals surface area contributed by atoms with Crippen molar-refractivity contribution in [2.24, 2.45) is 22.7 Å². The van der Waals surface area contributed by atoms with Crippen molar-refractivity contribution < 1.29 is 4.74 Å². The summed E-state index contributed by atoms with van der Waals surface area (Å²) in [4.78, 5) is 0. The van der Waals surface area contributed by atoms with E-state index in [0.29, 0.717) is 16.7 Å². The van der Waals surface area contributed by atoms with Crippen LogP contribution in [0.25, 0.3) is 0 Å². The first-order valence-corrected chi connectivity index (χ1v) is 8.06. The zero-order valence-corrected chi connectivity index (χ0v) is 13.6. The molecule has 0 unspecified atom stereocenters. The molecule has 2 aliphatic carbocycles. The van der Waals surface area contributed by atoms with Gasteiger partial charge in [0.1, 0.15) is 5.75 Å². The Kier molecular flexibility index (Phi) is 3.15. The Morgan fingerprint density at radius 3 is 2.25 bits per heavy atom. The van der Waals surface area contributed by atoms with Crippen molar-refractivity contribution in [3.05, 3.63) is 29.8 Å². The maximum atomic E-state index is 5.29. The van der Waals surface area contributed by atoms with Gasteiger partial charge in [-0.15, -0.1) is 0 Å². The summed E-state index contributed by atoms with van der Waals surface area (Å²) in [6.07, 6.45) is 4.16. The zero-order valence-electron chi connectivity index (χ0n) is 13.6. The minimum absolute atomic E-state index is 0.511. The summed E-state index contributed by atoms with van der Waals surface area (Å²) < 4.78 is 5.29. The molecule has 2 aliphatic rings. The average Bonchev–Trinajstić information content (AvgIpc) is 2.81. The van der Waals surface area contributed by atoms with Crippen molar-refractivity contribution in [1.29, 1.82) is 0 Å². The fourth-order valence-electron chi connectivity index (χ4n) is 5.20. The minimum atomic E-state index is 0.511. The Balaban J connectivity index is 1.93. The molecule has 1 heteroatoms. The van der Waals surface area contributed by atoms with Crippen LogP contribution in [-0.2, 0) is 0 Å². The maximum absolute atomic E-state index is 5.29. The molecule has 0 heterocycles. The van der Waals surface area contributed by atoms with Crippen LogP contribution < -0.4 is 4.74 Å². The topological polar surface area (TPSA) is 9.23 Å². The molecule has 0 saturated heterocycles. The van der Waals surface area contributed by atoms with E-state index in [1.165, 1.54) is 24.8 Å². The van der Waals surface area contributed by atoms with E-state index in [1.54, 1.807) is 7.11 Å². The van der Waals surface area contributed by atoms with E-state index < -0.39 is 0 Å². The van der Waals surface area contributed by atoms with Gasteiger partial charge in [0.15, 0.2) is 0 Å². The van der Waals surface area contributed by atoms with Crippen LogP contribution in [0, 0.1) is 22.7 Å². The quantitative estimate of drug-likeness (QED) is 0.713. The van der Waals surface area contributed by atoms with Crippen molar-refractivity contribution in [3.63, 3.8) is 0 Å². The maximum Gasteiger partial charge on any atom is 0.118 e. The first-order valence-electron chi connectivity index (χ1n) is 8.06. The van der Waals surface area contributed by atoms with Crippen LogP contribution in [0.1, 0.15) is 58.4 Å². The molecule has 1 aromatic rings. The lowest BCUT2D eigenvalue weighted by atomic mass is 9.65. The van der Waals surface area contributed by atoms with Crippen molar-refractivity contribution in [2.45, 2.75) is 52.9 Å². The predicted octanol–water partition coefficient (Wildman–Crippen LogP) is 5.26. The summed E-state index contributed by atoms with van der Waals surface area (Å²) in [6.45, 7) is 10.0. The van der Waals surface area contributed by atoms with Gasteiger partial charge in [0, 0.05) is 0 Å². The van der Waals surface area contributed by atoms with E-state index in [2.05, 4.69) is 52.0 Å². The molecule has 5 atom stereocenters. The van der Waals surface area contributed by atoms with Crippen molar-refractivity contribution >= 4 is 0 Å². The second-order valence-electron chi connectivity index (χ2n) is 7.65. The van der Waals surface area contributed by atoms with Gasteiger partial charge in [-0.25, -0.2) is 0 Å². The second kappa shape index (κ2) is 4.51. The molecule has 0 spiro atoms. The van der Waals surface area contributed by atoms with Crippen LogP contribution in [0.3, 0.4) is 0 Å². The Hall–Kier alpha value is -0.980. The van der Waals surface area contributed by atoms with Gasteiger partial charge < -0.3 is 4.74 Å². The number of fused-ring (bicyclic) bond motifs is 1. The largest absolute Gasteiger partial charge is 0.497 e. The molecular weight excluding hydrogens is 244 g/mol. The van der Waals surface area contributed by atoms with E-state index in [0.717, 1.165) is 17.6 Å². The lowest BCUT2D eigenvalue weighted by Crippen LogP contribution is -2.33. The van der Waals surface area contributed by atoms with Gasteiger partial charge >= 0.3 is 0 Å². The van der Waals surface area contributed by atoms with Crippen LogP contribution in [0.5, 0.6) is 5.75 Å². The van der Waals surface area contributed by atoms with Gasteiger partial charge in [0.2, 0.25) is 0 Å². The molecule has 1 aromatic carbocycles. The molecule has 0 radical (unpaired) electrons. The standard InChI is InChI=1S/C19H28O/c1-13-10-11-18(3)14(2)17(12-19(13,18)4)15-6-8-16(20-5)9-7-15/h6-9,13-14,17H,10-12H2,1-5H3/t13-,14-,17+,18+,19+/m1/s1. The highest BCUT2D eigenvalue weighted by Crippen LogP contribution is 2.70. The van der Waals surface area contributed by atoms with E-state index in [1.807, 2.05) is 0 Å². The Labute approximate surface area is 123 Å². The molecule has 20 heavy (non-hydrogen) atoms. The third-order valence-electron chi connectivity index (χ3n) is 7.29. The summed E-state index contributed by atoms with van der Waals surface area (Å²) >= 11 is 0. The van der Waals surface area contributed by atoms with Crippen LogP contribution in [0.2, 0.25) is 0 Å². The van der Waals surface area contributed by atoms with Crippen molar-refractivity contribution in [1.82, 2.24) is 0 Å². The fraction of sp³-hybridized carbons (Fsp3) is 0.684. The van der Waals surface area contributed by atoms with E-state index in [9.17, 15) is 0 Å². The van der Waals surface area contributed by atoms with Crippen LogP contribution in [0.4, 0.5) is 0 Å². The van der Waals surface area contributed by atoms with Gasteiger partial charge in [-0.2, -0.15) is 0 Å². The van der Waals surface area contributed by atoms with Crippen molar-refractivity contribution in [2.75, 3.05) is 7.11 Å². The Morgan fingerprint density at radius 2 is 1.70 bits per heavy atom. The van der Waals surface area contributed by atoms with Gasteiger partial charge in [-0.3, -0.25) is 0 Å². The van der Waals surface area contributed by atoms with E-state index in [-0.39, 0.29) is 0 Å². The first-order chi connectivity index (χ1) is 9.42. The summed E-state index contributed by atoms with van der Waals surface area (Å²) in [5, 5.41) is 0. The lowest BCUT2D eigenvalue weighted by molar-refractivity contribution is 0.0840. The third-order valence-corrected chi connectivity index (χ3v) is 7.29. The third kappa shape index (κ3) is 1.68. The Morgan fingerprint density at radius 1 is 1.05 bits per heavy atom. The number of hydrogen-bond acceptors (Lipinski definition) is 1. The number of benzene rings is 1. The molecule has 0 aromatic heterocycles. The molecular formula is C19H28O. The second-order valence-corrected chi connectivity index (χ2v) is 7.65. The highest BCUT2D eigenvalue weighted by molar-refractivity contribution is 5.32. The Bertz CT molecular complexity index is 489. The molecule has 3 rings (SSSR count). The fourth-order valence-corrected chi connectivity index (χ4v) is 5.20. The highest BCUT2D eigenvalue weighted by atomic mass is 16.5. The van der Waals surface area contributed by atoms with Gasteiger partial charge in [0.05, 0.1) is 7.11 Å². The van der Waals surface area contributed by atoms with Crippen LogP contribution in [-0.4, -0.2) is 7.11 Å². The van der Waals surface area contributed by atoms with Crippen LogP contribution >= 0.6 is 0 Å².